The van der Waals surface area contributed by atoms with Crippen LogP contribution in [-0.2, 0) is 6.54 Å². The Morgan fingerprint density at radius 1 is 0.688 bits per heavy atom. The van der Waals surface area contributed by atoms with Crippen molar-refractivity contribution in [3.8, 4) is 22.4 Å². The third-order valence-corrected chi connectivity index (χ3v) is 5.47. The van der Waals surface area contributed by atoms with Gasteiger partial charge >= 0.3 is 0 Å². The Bertz CT molecular complexity index is 1340. The number of Topliss-reactive ketones (excluding diaryl/α,β-unsaturated/α-hetero) is 1. The van der Waals surface area contributed by atoms with Crippen molar-refractivity contribution in [2.24, 2.45) is 0 Å². The van der Waals surface area contributed by atoms with E-state index in [0.717, 1.165) is 27.6 Å². The van der Waals surface area contributed by atoms with E-state index in [1.807, 2.05) is 77.5 Å². The number of aromatic nitrogens is 2. The minimum absolute atomic E-state index is 0. The highest BCUT2D eigenvalue weighted by Crippen LogP contribution is 2.23. The molecule has 3 nitrogen and oxygen atoms in total. The second-order valence-electron chi connectivity index (χ2n) is 7.51. The first kappa shape index (κ1) is 21.6. The fourth-order valence-corrected chi connectivity index (χ4v) is 3.83. The highest BCUT2D eigenvalue weighted by molar-refractivity contribution is 8.93. The van der Waals surface area contributed by atoms with Gasteiger partial charge in [-0.15, -0.1) is 17.0 Å². The van der Waals surface area contributed by atoms with Crippen LogP contribution >= 0.6 is 17.0 Å². The second kappa shape index (κ2) is 9.67. The number of hydrogen-bond acceptors (Lipinski definition) is 2. The highest BCUT2D eigenvalue weighted by Gasteiger charge is 2.14. The van der Waals surface area contributed by atoms with Gasteiger partial charge in [-0.2, -0.15) is 0 Å². The van der Waals surface area contributed by atoms with E-state index in [1.165, 1.54) is 11.1 Å². The minimum Gasteiger partial charge on any atom is -0.290 e. The Kier molecular flexibility index (Phi) is 6.52. The summed E-state index contributed by atoms with van der Waals surface area (Å²) in [6, 6.07) is 34.5. The highest BCUT2D eigenvalue weighted by atomic mass is 79.9. The number of rotatable bonds is 5. The Morgan fingerprint density at radius 3 is 2.09 bits per heavy atom. The number of ketones is 1. The quantitative estimate of drug-likeness (QED) is 0.217. The molecule has 0 aliphatic rings. The van der Waals surface area contributed by atoms with Crippen LogP contribution < -0.4 is 4.57 Å². The van der Waals surface area contributed by atoms with Crippen LogP contribution in [-0.4, -0.2) is 10.8 Å². The Labute approximate surface area is 197 Å². The molecule has 1 aromatic heterocycles. The summed E-state index contributed by atoms with van der Waals surface area (Å²) in [5.41, 5.74) is 5.04. The zero-order valence-corrected chi connectivity index (χ0v) is 19.1. The monoisotopic (exact) mass is 481 g/mol. The third kappa shape index (κ3) is 4.51. The Balaban J connectivity index is 0.00000245. The van der Waals surface area contributed by atoms with Gasteiger partial charge in [0.2, 0.25) is 5.78 Å². The molecule has 156 valence electrons. The molecule has 0 atom stereocenters. The molecule has 0 bridgehead atoms. The van der Waals surface area contributed by atoms with Gasteiger partial charge in [-0.05, 0) is 39.0 Å². The second-order valence-corrected chi connectivity index (χ2v) is 7.51. The van der Waals surface area contributed by atoms with Gasteiger partial charge < -0.3 is 0 Å². The smallest absolute Gasteiger partial charge is 0.287 e. The van der Waals surface area contributed by atoms with Gasteiger partial charge in [0, 0.05) is 17.2 Å². The molecule has 4 heteroatoms. The van der Waals surface area contributed by atoms with Crippen molar-refractivity contribution >= 4 is 33.5 Å². The molecule has 0 N–H and O–H groups in total. The maximum atomic E-state index is 12.9. The average molecular weight is 482 g/mol. The number of nitrogens with zero attached hydrogens (tertiary/aromatic N) is 2. The van der Waals surface area contributed by atoms with Crippen LogP contribution in [0.3, 0.4) is 0 Å². The number of carbonyl (C=O) groups is 1. The molecule has 0 fully saturated rings. The van der Waals surface area contributed by atoms with Crippen LogP contribution in [0.25, 0.3) is 33.2 Å². The summed E-state index contributed by atoms with van der Waals surface area (Å²) in [6.45, 7) is 0.258. The number of hydrogen-bond donors (Lipinski definition) is 0. The van der Waals surface area contributed by atoms with Crippen molar-refractivity contribution in [2.75, 3.05) is 0 Å². The minimum atomic E-state index is 0. The van der Waals surface area contributed by atoms with Gasteiger partial charge in [0.25, 0.3) is 6.33 Å². The normalized spacial score (nSPS) is 10.5. The van der Waals surface area contributed by atoms with Crippen LogP contribution in [0, 0.1) is 0 Å². The molecule has 1 heterocycles. The van der Waals surface area contributed by atoms with Crippen molar-refractivity contribution in [3.05, 3.63) is 121 Å². The SMILES string of the molecule is Br.O=C(C[n+]1ccc(-c2ccc(-c3ccccc3)cc2)nc1)c1cccc2ccccc12. The molecule has 0 spiro atoms. The molecule has 32 heavy (non-hydrogen) atoms. The van der Waals surface area contributed by atoms with E-state index in [9.17, 15) is 4.79 Å². The number of fused-ring (bicyclic) bond motifs is 1. The lowest BCUT2D eigenvalue weighted by Gasteiger charge is -2.05. The summed E-state index contributed by atoms with van der Waals surface area (Å²) in [5, 5.41) is 2.06. The summed E-state index contributed by atoms with van der Waals surface area (Å²) in [4.78, 5) is 17.5. The van der Waals surface area contributed by atoms with Crippen LogP contribution in [0.5, 0.6) is 0 Å². The first-order chi connectivity index (χ1) is 15.3. The largest absolute Gasteiger partial charge is 0.290 e. The summed E-state index contributed by atoms with van der Waals surface area (Å²) in [6.07, 6.45) is 3.64. The van der Waals surface area contributed by atoms with Crippen LogP contribution in [0.4, 0.5) is 0 Å². The molecular formula is C28H22BrN2O+. The molecular weight excluding hydrogens is 460 g/mol. The van der Waals surface area contributed by atoms with Gasteiger partial charge in [-0.1, -0.05) is 84.9 Å². The summed E-state index contributed by atoms with van der Waals surface area (Å²) >= 11 is 0. The van der Waals surface area contributed by atoms with Crippen molar-refractivity contribution in [3.63, 3.8) is 0 Å². The van der Waals surface area contributed by atoms with Crippen molar-refractivity contribution < 1.29 is 9.36 Å². The first-order valence-electron chi connectivity index (χ1n) is 10.3. The zero-order chi connectivity index (χ0) is 21.0. The molecule has 4 aromatic carbocycles. The van der Waals surface area contributed by atoms with Crippen LogP contribution in [0.2, 0.25) is 0 Å². The number of carbonyl (C=O) groups excluding carboxylic acids is 1. The van der Waals surface area contributed by atoms with E-state index in [1.54, 1.807) is 6.33 Å². The number of halogens is 1. The van der Waals surface area contributed by atoms with E-state index in [2.05, 4.69) is 41.4 Å². The molecule has 0 aliphatic heterocycles. The lowest BCUT2D eigenvalue weighted by molar-refractivity contribution is -0.686. The molecule has 0 saturated heterocycles. The standard InChI is InChI=1S/C28H21N2O.BrH/c31-28(26-12-6-10-23-9-4-5-11-25(23)26)19-30-18-17-27(29-20-30)24-15-13-22(14-16-24)21-7-2-1-3-8-21;/h1-18,20H,19H2;1H/q+1;. The van der Waals surface area contributed by atoms with E-state index >= 15 is 0 Å². The Morgan fingerprint density at radius 2 is 1.34 bits per heavy atom. The van der Waals surface area contributed by atoms with Gasteiger partial charge in [0.15, 0.2) is 12.2 Å². The van der Waals surface area contributed by atoms with Gasteiger partial charge in [-0.25, -0.2) is 4.57 Å². The zero-order valence-electron chi connectivity index (χ0n) is 17.4. The molecule has 5 rings (SSSR count). The van der Waals surface area contributed by atoms with E-state index < -0.39 is 0 Å². The van der Waals surface area contributed by atoms with E-state index in [-0.39, 0.29) is 29.3 Å². The predicted molar refractivity (Wildman–Crippen MR) is 134 cm³/mol. The van der Waals surface area contributed by atoms with Crippen molar-refractivity contribution in [1.82, 2.24) is 4.98 Å². The summed E-state index contributed by atoms with van der Waals surface area (Å²) < 4.78 is 1.83. The van der Waals surface area contributed by atoms with Gasteiger partial charge in [-0.3, -0.25) is 4.79 Å². The molecule has 0 radical (unpaired) electrons. The lowest BCUT2D eigenvalue weighted by Crippen LogP contribution is -2.37. The molecule has 5 aromatic rings. The maximum Gasteiger partial charge on any atom is 0.287 e. The summed E-state index contributed by atoms with van der Waals surface area (Å²) in [7, 11) is 0. The molecule has 0 amide bonds. The van der Waals surface area contributed by atoms with E-state index in [0.29, 0.717) is 0 Å². The first-order valence-corrected chi connectivity index (χ1v) is 10.3. The maximum absolute atomic E-state index is 12.9. The van der Waals surface area contributed by atoms with Gasteiger partial charge in [0.1, 0.15) is 0 Å². The fourth-order valence-electron chi connectivity index (χ4n) is 3.83. The van der Waals surface area contributed by atoms with Crippen LogP contribution in [0.15, 0.2) is 116 Å². The molecule has 0 unspecified atom stereocenters. The van der Waals surface area contributed by atoms with Crippen molar-refractivity contribution in [2.45, 2.75) is 6.54 Å². The molecule has 0 saturated carbocycles. The lowest BCUT2D eigenvalue weighted by atomic mass is 10.0. The predicted octanol–water partition coefficient (Wildman–Crippen LogP) is 6.32. The van der Waals surface area contributed by atoms with E-state index in [4.69, 9.17) is 0 Å². The third-order valence-electron chi connectivity index (χ3n) is 5.47. The van der Waals surface area contributed by atoms with Crippen LogP contribution in [0.1, 0.15) is 10.4 Å². The van der Waals surface area contributed by atoms with Gasteiger partial charge in [0.05, 0.1) is 6.20 Å². The average Bonchev–Trinajstić information content (AvgIpc) is 2.85. The topological polar surface area (TPSA) is 33.8 Å². The Hall–Kier alpha value is -3.63. The number of benzene rings is 4. The fraction of sp³-hybridized carbons (Fsp3) is 0.0357. The van der Waals surface area contributed by atoms with Crippen molar-refractivity contribution in [1.29, 1.82) is 0 Å². The molecule has 0 aliphatic carbocycles. The summed E-state index contributed by atoms with van der Waals surface area (Å²) in [5.74, 6) is 0.0727.